The molecule has 1 atom stereocenters. The summed E-state index contributed by atoms with van der Waals surface area (Å²) in [6, 6.07) is -0.661. The van der Waals surface area contributed by atoms with Crippen LogP contribution < -0.4 is 5.32 Å². The van der Waals surface area contributed by atoms with Gasteiger partial charge in [-0.15, -0.1) is 0 Å². The lowest BCUT2D eigenvalue weighted by Crippen LogP contribution is -2.40. The van der Waals surface area contributed by atoms with Crippen LogP contribution in [0.5, 0.6) is 0 Å². The lowest BCUT2D eigenvalue weighted by molar-refractivity contribution is -0.148. The minimum atomic E-state index is -0.661. The topological polar surface area (TPSA) is 81.4 Å². The van der Waals surface area contributed by atoms with Crippen LogP contribution in [0.2, 0.25) is 0 Å². The zero-order valence-corrected chi connectivity index (χ0v) is 11.7. The van der Waals surface area contributed by atoms with Gasteiger partial charge in [0.15, 0.2) is 0 Å². The third kappa shape index (κ3) is 5.11. The van der Waals surface area contributed by atoms with E-state index in [0.717, 1.165) is 0 Å². The largest absolute Gasteiger partial charge is 0.464 e. The van der Waals surface area contributed by atoms with E-state index in [9.17, 15) is 9.59 Å². The Morgan fingerprint density at radius 1 is 1.42 bits per heavy atom. The summed E-state index contributed by atoms with van der Waals surface area (Å²) >= 11 is 0. The number of amides is 1. The molecule has 0 saturated heterocycles. The average molecular weight is 268 g/mol. The van der Waals surface area contributed by atoms with Crippen molar-refractivity contribution in [2.45, 2.75) is 40.2 Å². The molecule has 1 aromatic heterocycles. The van der Waals surface area contributed by atoms with Gasteiger partial charge in [-0.25, -0.2) is 4.79 Å². The summed E-state index contributed by atoms with van der Waals surface area (Å²) in [5.74, 6) is -0.420. The third-order valence-corrected chi connectivity index (χ3v) is 2.49. The van der Waals surface area contributed by atoms with E-state index in [1.165, 1.54) is 6.26 Å². The maximum absolute atomic E-state index is 11.7. The summed E-state index contributed by atoms with van der Waals surface area (Å²) in [6.07, 6.45) is 1.56. The number of nitrogens with one attached hydrogen (secondary N) is 1. The molecular formula is C13H20N2O4. The lowest BCUT2D eigenvalue weighted by Gasteiger charge is -2.14. The van der Waals surface area contributed by atoms with Gasteiger partial charge in [0.1, 0.15) is 12.3 Å². The van der Waals surface area contributed by atoms with Crippen LogP contribution in [0, 0.1) is 12.8 Å². The van der Waals surface area contributed by atoms with Gasteiger partial charge in [0.2, 0.25) is 5.91 Å². The first kappa shape index (κ1) is 15.2. The van der Waals surface area contributed by atoms with Gasteiger partial charge >= 0.3 is 5.97 Å². The van der Waals surface area contributed by atoms with Crippen molar-refractivity contribution in [1.29, 1.82) is 0 Å². The van der Waals surface area contributed by atoms with Crippen molar-refractivity contribution in [3.8, 4) is 0 Å². The highest BCUT2D eigenvalue weighted by molar-refractivity contribution is 5.85. The Morgan fingerprint density at radius 2 is 2.11 bits per heavy atom. The maximum atomic E-state index is 11.7. The van der Waals surface area contributed by atoms with Crippen molar-refractivity contribution in [1.82, 2.24) is 10.5 Å². The molecule has 0 aromatic carbocycles. The van der Waals surface area contributed by atoms with E-state index in [-0.39, 0.29) is 18.2 Å². The summed E-state index contributed by atoms with van der Waals surface area (Å²) < 4.78 is 9.78. The molecule has 1 heterocycles. The second-order valence-electron chi connectivity index (χ2n) is 4.92. The number of ether oxygens (including phenoxy) is 1. The molecule has 0 saturated carbocycles. The summed E-state index contributed by atoms with van der Waals surface area (Å²) in [6.45, 7) is 7.60. The second-order valence-corrected chi connectivity index (χ2v) is 4.92. The van der Waals surface area contributed by atoms with Crippen molar-refractivity contribution >= 4 is 11.9 Å². The average Bonchev–Trinajstić information content (AvgIpc) is 2.71. The molecule has 0 aliphatic rings. The van der Waals surface area contributed by atoms with Crippen LogP contribution in [0.25, 0.3) is 0 Å². The van der Waals surface area contributed by atoms with Crippen molar-refractivity contribution in [2.24, 2.45) is 5.92 Å². The summed E-state index contributed by atoms with van der Waals surface area (Å²) in [5.41, 5.74) is 1.38. The summed E-state index contributed by atoms with van der Waals surface area (Å²) in [4.78, 5) is 23.3. The molecule has 1 rings (SSSR count). The van der Waals surface area contributed by atoms with E-state index in [0.29, 0.717) is 17.9 Å². The van der Waals surface area contributed by atoms with Crippen LogP contribution >= 0.6 is 0 Å². The molecule has 0 unspecified atom stereocenters. The number of nitrogens with zero attached hydrogens (tertiary/aromatic N) is 1. The number of esters is 1. The normalized spacial score (nSPS) is 12.3. The number of rotatable bonds is 6. The molecule has 0 spiro atoms. The van der Waals surface area contributed by atoms with Gasteiger partial charge in [0, 0.05) is 5.56 Å². The monoisotopic (exact) mass is 268 g/mol. The van der Waals surface area contributed by atoms with E-state index < -0.39 is 12.0 Å². The fraction of sp³-hybridized carbons (Fsp3) is 0.615. The van der Waals surface area contributed by atoms with Gasteiger partial charge in [-0.2, -0.15) is 0 Å². The Kier molecular flexibility index (Phi) is 5.54. The van der Waals surface area contributed by atoms with E-state index in [4.69, 9.17) is 9.26 Å². The molecule has 0 aliphatic carbocycles. The molecule has 1 aromatic rings. The Balaban J connectivity index is 2.39. The predicted octanol–water partition coefficient (Wildman–Crippen LogP) is 1.23. The first-order valence-electron chi connectivity index (χ1n) is 6.26. The van der Waals surface area contributed by atoms with Gasteiger partial charge in [-0.05, 0) is 19.8 Å². The highest BCUT2D eigenvalue weighted by atomic mass is 16.5. The SMILES string of the molecule is Cc1nocc1CC(=O)N[C@@H](C)C(=O)OCC(C)C. The van der Waals surface area contributed by atoms with E-state index >= 15 is 0 Å². The molecule has 1 N–H and O–H groups in total. The maximum Gasteiger partial charge on any atom is 0.328 e. The lowest BCUT2D eigenvalue weighted by atomic mass is 10.2. The first-order chi connectivity index (χ1) is 8.90. The molecule has 1 amide bonds. The van der Waals surface area contributed by atoms with Crippen molar-refractivity contribution in [3.05, 3.63) is 17.5 Å². The minimum Gasteiger partial charge on any atom is -0.464 e. The number of carbonyl (C=O) groups excluding carboxylic acids is 2. The summed E-state index contributed by atoms with van der Waals surface area (Å²) in [5, 5.41) is 6.27. The highest BCUT2D eigenvalue weighted by Crippen LogP contribution is 2.05. The smallest absolute Gasteiger partial charge is 0.328 e. The van der Waals surface area contributed by atoms with Gasteiger partial charge < -0.3 is 14.6 Å². The van der Waals surface area contributed by atoms with E-state index in [2.05, 4.69) is 10.5 Å². The Bertz CT molecular complexity index is 440. The second kappa shape index (κ2) is 6.92. The predicted molar refractivity (Wildman–Crippen MR) is 68.3 cm³/mol. The number of hydrogen-bond donors (Lipinski definition) is 1. The van der Waals surface area contributed by atoms with Gasteiger partial charge in [0.25, 0.3) is 0 Å². The minimum absolute atomic E-state index is 0.136. The quantitative estimate of drug-likeness (QED) is 0.785. The van der Waals surface area contributed by atoms with Gasteiger partial charge in [-0.3, -0.25) is 4.79 Å². The zero-order valence-electron chi connectivity index (χ0n) is 11.7. The van der Waals surface area contributed by atoms with Crippen LogP contribution in [-0.2, 0) is 20.7 Å². The summed E-state index contributed by atoms with van der Waals surface area (Å²) in [7, 11) is 0. The Labute approximate surface area is 112 Å². The van der Waals surface area contributed by atoms with Crippen molar-refractivity contribution in [2.75, 3.05) is 6.61 Å². The molecule has 19 heavy (non-hydrogen) atoms. The van der Waals surface area contributed by atoms with Crippen LogP contribution in [0.15, 0.2) is 10.8 Å². The first-order valence-corrected chi connectivity index (χ1v) is 6.26. The Morgan fingerprint density at radius 3 is 2.63 bits per heavy atom. The number of hydrogen-bond acceptors (Lipinski definition) is 5. The van der Waals surface area contributed by atoms with Gasteiger partial charge in [-0.1, -0.05) is 19.0 Å². The van der Waals surface area contributed by atoms with Crippen LogP contribution in [0.4, 0.5) is 0 Å². The molecule has 0 bridgehead atoms. The zero-order chi connectivity index (χ0) is 14.4. The molecule has 0 fully saturated rings. The molecule has 0 aliphatic heterocycles. The van der Waals surface area contributed by atoms with Gasteiger partial charge in [0.05, 0.1) is 18.7 Å². The van der Waals surface area contributed by atoms with E-state index in [1.54, 1.807) is 13.8 Å². The van der Waals surface area contributed by atoms with Crippen molar-refractivity contribution < 1.29 is 18.8 Å². The highest BCUT2D eigenvalue weighted by Gasteiger charge is 2.18. The third-order valence-electron chi connectivity index (χ3n) is 2.49. The fourth-order valence-electron chi connectivity index (χ4n) is 1.38. The van der Waals surface area contributed by atoms with Crippen LogP contribution in [0.3, 0.4) is 0 Å². The fourth-order valence-corrected chi connectivity index (χ4v) is 1.38. The van der Waals surface area contributed by atoms with Crippen LogP contribution in [-0.4, -0.2) is 29.7 Å². The molecule has 0 radical (unpaired) electrons. The standard InChI is InChI=1S/C13H20N2O4/c1-8(2)6-18-13(17)10(4)14-12(16)5-11-7-19-15-9(11)3/h7-8,10H,5-6H2,1-4H3,(H,14,16)/t10-/m0/s1. The number of aryl methyl sites for hydroxylation is 1. The Hall–Kier alpha value is -1.85. The molecule has 106 valence electrons. The number of aromatic nitrogens is 1. The molecular weight excluding hydrogens is 248 g/mol. The van der Waals surface area contributed by atoms with Crippen LogP contribution in [0.1, 0.15) is 32.0 Å². The number of carbonyl (C=O) groups is 2. The molecule has 6 heteroatoms. The van der Waals surface area contributed by atoms with E-state index in [1.807, 2.05) is 13.8 Å². The van der Waals surface area contributed by atoms with Crippen molar-refractivity contribution in [3.63, 3.8) is 0 Å². The molecule has 6 nitrogen and oxygen atoms in total.